The maximum atomic E-state index is 13.7. The molecule has 100 valence electrons. The van der Waals surface area contributed by atoms with Crippen LogP contribution in [0.15, 0.2) is 34.8 Å². The van der Waals surface area contributed by atoms with Gasteiger partial charge in [-0.2, -0.15) is 0 Å². The highest BCUT2D eigenvalue weighted by atomic mass is 79.9. The molecule has 0 saturated carbocycles. The van der Waals surface area contributed by atoms with Gasteiger partial charge >= 0.3 is 0 Å². The van der Waals surface area contributed by atoms with E-state index in [0.29, 0.717) is 5.69 Å². The highest BCUT2D eigenvalue weighted by Crippen LogP contribution is 2.23. The highest BCUT2D eigenvalue weighted by molar-refractivity contribution is 9.10. The summed E-state index contributed by atoms with van der Waals surface area (Å²) in [6, 6.07) is 6.85. The fourth-order valence-corrected chi connectivity index (χ4v) is 2.13. The molecule has 0 aromatic heterocycles. The van der Waals surface area contributed by atoms with Crippen molar-refractivity contribution in [1.82, 2.24) is 0 Å². The van der Waals surface area contributed by atoms with E-state index < -0.39 is 17.5 Å². The van der Waals surface area contributed by atoms with E-state index in [4.69, 9.17) is 0 Å². The molecule has 0 amide bonds. The third-order valence-corrected chi connectivity index (χ3v) is 3.26. The van der Waals surface area contributed by atoms with Gasteiger partial charge in [-0.1, -0.05) is 0 Å². The summed E-state index contributed by atoms with van der Waals surface area (Å²) in [6.45, 7) is 1.69. The van der Waals surface area contributed by atoms with Gasteiger partial charge in [0.1, 0.15) is 17.5 Å². The molecule has 0 aliphatic rings. The summed E-state index contributed by atoms with van der Waals surface area (Å²) < 4.78 is 40.6. The first-order valence-electron chi connectivity index (χ1n) is 5.61. The van der Waals surface area contributed by atoms with Crippen molar-refractivity contribution in [2.24, 2.45) is 0 Å². The van der Waals surface area contributed by atoms with Gasteiger partial charge in [0.25, 0.3) is 0 Å². The number of aryl methyl sites for hydroxylation is 1. The summed E-state index contributed by atoms with van der Waals surface area (Å²) in [5, 5.41) is 2.81. The number of benzene rings is 2. The molecule has 1 nitrogen and oxygen atoms in total. The molecule has 2 aromatic rings. The van der Waals surface area contributed by atoms with E-state index >= 15 is 0 Å². The van der Waals surface area contributed by atoms with Crippen molar-refractivity contribution >= 4 is 21.6 Å². The Kier molecular flexibility index (Phi) is 4.14. The standard InChI is InChI=1S/C14H11BrF3N/c1-8-4-9(16)6-10(5-8)19-7-11-13(17)3-2-12(15)14(11)18/h2-6,19H,7H2,1H3. The third-order valence-electron chi connectivity index (χ3n) is 2.65. The van der Waals surface area contributed by atoms with Crippen molar-refractivity contribution in [3.05, 3.63) is 63.4 Å². The molecular formula is C14H11BrF3N. The lowest BCUT2D eigenvalue weighted by atomic mass is 10.1. The molecule has 5 heteroatoms. The minimum Gasteiger partial charge on any atom is -0.381 e. The van der Waals surface area contributed by atoms with Gasteiger partial charge in [0.2, 0.25) is 0 Å². The van der Waals surface area contributed by atoms with Gasteiger partial charge in [-0.3, -0.25) is 0 Å². The quantitative estimate of drug-likeness (QED) is 0.798. The Morgan fingerprint density at radius 1 is 1.11 bits per heavy atom. The maximum absolute atomic E-state index is 13.7. The predicted molar refractivity (Wildman–Crippen MR) is 72.5 cm³/mol. The summed E-state index contributed by atoms with van der Waals surface area (Å²) >= 11 is 3.00. The van der Waals surface area contributed by atoms with Crippen molar-refractivity contribution in [3.8, 4) is 0 Å². The first kappa shape index (κ1) is 13.9. The van der Waals surface area contributed by atoms with Crippen LogP contribution >= 0.6 is 15.9 Å². The van der Waals surface area contributed by atoms with Crippen LogP contribution in [0.5, 0.6) is 0 Å². The highest BCUT2D eigenvalue weighted by Gasteiger charge is 2.12. The summed E-state index contributed by atoms with van der Waals surface area (Å²) in [7, 11) is 0. The van der Waals surface area contributed by atoms with Gasteiger partial charge in [0, 0.05) is 17.8 Å². The number of nitrogens with one attached hydrogen (secondary N) is 1. The van der Waals surface area contributed by atoms with Crippen molar-refractivity contribution < 1.29 is 13.2 Å². The third kappa shape index (κ3) is 3.29. The van der Waals surface area contributed by atoms with Crippen molar-refractivity contribution in [2.45, 2.75) is 13.5 Å². The lowest BCUT2D eigenvalue weighted by molar-refractivity contribution is 0.555. The van der Waals surface area contributed by atoms with Crippen LogP contribution < -0.4 is 5.32 Å². The molecule has 19 heavy (non-hydrogen) atoms. The molecule has 0 aliphatic carbocycles. The van der Waals surface area contributed by atoms with Gasteiger partial charge < -0.3 is 5.32 Å². The van der Waals surface area contributed by atoms with E-state index in [9.17, 15) is 13.2 Å². The van der Waals surface area contributed by atoms with E-state index in [2.05, 4.69) is 21.2 Å². The van der Waals surface area contributed by atoms with Crippen LogP contribution in [0.4, 0.5) is 18.9 Å². The zero-order valence-corrected chi connectivity index (χ0v) is 11.7. The van der Waals surface area contributed by atoms with Crippen molar-refractivity contribution in [1.29, 1.82) is 0 Å². The minimum absolute atomic E-state index is 0.0556. The average molecular weight is 330 g/mol. The zero-order valence-electron chi connectivity index (χ0n) is 10.1. The summed E-state index contributed by atoms with van der Waals surface area (Å²) in [4.78, 5) is 0. The summed E-state index contributed by atoms with van der Waals surface area (Å²) in [6.07, 6.45) is 0. The molecule has 0 bridgehead atoms. The number of anilines is 1. The van der Waals surface area contributed by atoms with E-state index in [1.165, 1.54) is 24.3 Å². The number of hydrogen-bond donors (Lipinski definition) is 1. The lowest BCUT2D eigenvalue weighted by Crippen LogP contribution is -2.05. The average Bonchev–Trinajstić information content (AvgIpc) is 2.33. The summed E-state index contributed by atoms with van der Waals surface area (Å²) in [5.74, 6) is -1.68. The Bertz CT molecular complexity index is 594. The maximum Gasteiger partial charge on any atom is 0.145 e. The fraction of sp³-hybridized carbons (Fsp3) is 0.143. The molecule has 1 N–H and O–H groups in total. The van der Waals surface area contributed by atoms with Gasteiger partial charge in [-0.05, 0) is 58.7 Å². The zero-order chi connectivity index (χ0) is 14.0. The normalized spacial score (nSPS) is 10.6. The monoisotopic (exact) mass is 329 g/mol. The predicted octanol–water partition coefficient (Wildman–Crippen LogP) is 4.79. The Hall–Kier alpha value is -1.49. The van der Waals surface area contributed by atoms with E-state index in [0.717, 1.165) is 5.56 Å². The van der Waals surface area contributed by atoms with Crippen LogP contribution in [0.1, 0.15) is 11.1 Å². The largest absolute Gasteiger partial charge is 0.381 e. The molecule has 0 aliphatic heterocycles. The molecule has 0 radical (unpaired) electrons. The van der Waals surface area contributed by atoms with E-state index in [1.54, 1.807) is 13.0 Å². The second-order valence-corrected chi connectivity index (χ2v) is 5.05. The van der Waals surface area contributed by atoms with Crippen LogP contribution in [0.3, 0.4) is 0 Å². The second-order valence-electron chi connectivity index (χ2n) is 4.19. The molecule has 2 aromatic carbocycles. The van der Waals surface area contributed by atoms with Crippen LogP contribution in [-0.2, 0) is 6.54 Å². The number of halogens is 4. The van der Waals surface area contributed by atoms with Crippen LogP contribution in [0, 0.1) is 24.4 Å². The Labute approximate surface area is 117 Å². The smallest absolute Gasteiger partial charge is 0.145 e. The lowest BCUT2D eigenvalue weighted by Gasteiger charge is -2.10. The number of hydrogen-bond acceptors (Lipinski definition) is 1. The van der Waals surface area contributed by atoms with Gasteiger partial charge in [-0.25, -0.2) is 13.2 Å². The molecule has 2 rings (SSSR count). The second kappa shape index (κ2) is 5.65. The van der Waals surface area contributed by atoms with Crippen LogP contribution in [-0.4, -0.2) is 0 Å². The van der Waals surface area contributed by atoms with Gasteiger partial charge in [-0.15, -0.1) is 0 Å². The van der Waals surface area contributed by atoms with Crippen molar-refractivity contribution in [2.75, 3.05) is 5.32 Å². The van der Waals surface area contributed by atoms with E-state index in [-0.39, 0.29) is 16.6 Å². The molecular weight excluding hydrogens is 319 g/mol. The molecule has 0 unspecified atom stereocenters. The minimum atomic E-state index is -0.652. The summed E-state index contributed by atoms with van der Waals surface area (Å²) in [5.41, 5.74) is 1.13. The first-order valence-corrected chi connectivity index (χ1v) is 6.40. The molecule has 0 heterocycles. The van der Waals surface area contributed by atoms with Crippen molar-refractivity contribution in [3.63, 3.8) is 0 Å². The molecule has 0 saturated heterocycles. The van der Waals surface area contributed by atoms with Gasteiger partial charge in [0.15, 0.2) is 0 Å². The fourth-order valence-electron chi connectivity index (χ4n) is 1.76. The van der Waals surface area contributed by atoms with Crippen LogP contribution in [0.25, 0.3) is 0 Å². The Morgan fingerprint density at radius 3 is 2.53 bits per heavy atom. The number of rotatable bonds is 3. The molecule has 0 atom stereocenters. The molecule has 0 spiro atoms. The topological polar surface area (TPSA) is 12.0 Å². The SMILES string of the molecule is Cc1cc(F)cc(NCc2c(F)ccc(Br)c2F)c1. The molecule has 0 fully saturated rings. The Morgan fingerprint density at radius 2 is 1.84 bits per heavy atom. The Balaban J connectivity index is 2.21. The van der Waals surface area contributed by atoms with Crippen LogP contribution in [0.2, 0.25) is 0 Å². The first-order chi connectivity index (χ1) is 8.97. The van der Waals surface area contributed by atoms with E-state index in [1.807, 2.05) is 0 Å². The van der Waals surface area contributed by atoms with Gasteiger partial charge in [0.05, 0.1) is 4.47 Å².